The van der Waals surface area contributed by atoms with E-state index >= 15 is 0 Å². The highest BCUT2D eigenvalue weighted by Crippen LogP contribution is 2.21. The van der Waals surface area contributed by atoms with Crippen molar-refractivity contribution >= 4 is 50.9 Å². The maximum Gasteiger partial charge on any atom is 0.267 e. The molecular formula is C20H21BrN6O4. The molecule has 1 fully saturated rings. The molecule has 0 radical (unpaired) electrons. The number of rotatable bonds is 7. The highest BCUT2D eigenvalue weighted by Gasteiger charge is 2.38. The molecule has 2 unspecified atom stereocenters. The van der Waals surface area contributed by atoms with Gasteiger partial charge in [0, 0.05) is 24.2 Å². The summed E-state index contributed by atoms with van der Waals surface area (Å²) in [5, 5.41) is 23.4. The van der Waals surface area contributed by atoms with Crippen LogP contribution in [0.15, 0.2) is 47.1 Å². The molecule has 1 aliphatic heterocycles. The fraction of sp³-hybridized carbons (Fsp3) is 0.250. The van der Waals surface area contributed by atoms with Gasteiger partial charge in [0.25, 0.3) is 5.91 Å². The highest BCUT2D eigenvalue weighted by atomic mass is 79.9. The number of nitrogens with one attached hydrogen (secondary N) is 3. The van der Waals surface area contributed by atoms with Crippen LogP contribution in [-0.4, -0.2) is 63.7 Å². The van der Waals surface area contributed by atoms with Crippen molar-refractivity contribution in [3.05, 3.63) is 52.6 Å². The van der Waals surface area contributed by atoms with Crippen LogP contribution in [0.2, 0.25) is 0 Å². The monoisotopic (exact) mass is 488 g/mol. The van der Waals surface area contributed by atoms with Crippen molar-refractivity contribution in [2.75, 3.05) is 23.7 Å². The van der Waals surface area contributed by atoms with Gasteiger partial charge < -0.3 is 26.4 Å². The minimum atomic E-state index is -0.888. The predicted molar refractivity (Wildman–Crippen MR) is 118 cm³/mol. The Bertz CT molecular complexity index is 1030. The molecule has 3 rings (SSSR count). The number of likely N-dealkylation sites (tertiary alicyclic amines) is 1. The topological polar surface area (TPSA) is 162 Å². The lowest BCUT2D eigenvalue weighted by Gasteiger charge is -2.24. The number of benzene rings is 1. The first kappa shape index (κ1) is 22.4. The number of nitrogens with two attached hydrogens (primary N) is 1. The summed E-state index contributed by atoms with van der Waals surface area (Å²) >= 11 is 3.23. The van der Waals surface area contributed by atoms with Gasteiger partial charge >= 0.3 is 0 Å². The summed E-state index contributed by atoms with van der Waals surface area (Å²) in [7, 11) is 0. The number of halogens is 1. The summed E-state index contributed by atoms with van der Waals surface area (Å²) in [6.07, 6.45) is -0.723. The third-order valence-electron chi connectivity index (χ3n) is 4.74. The summed E-state index contributed by atoms with van der Waals surface area (Å²) < 4.78 is 0.550. The average Bonchev–Trinajstić information content (AvgIpc) is 3.13. The molecule has 1 saturated heterocycles. The Morgan fingerprint density at radius 3 is 2.68 bits per heavy atom. The number of anilines is 2. The molecule has 2 aromatic rings. The van der Waals surface area contributed by atoms with Gasteiger partial charge in [-0.05, 0) is 34.1 Å². The number of carbonyl (C=O) groups is 3. The molecule has 2 heterocycles. The first-order valence-corrected chi connectivity index (χ1v) is 10.2. The van der Waals surface area contributed by atoms with E-state index in [0.29, 0.717) is 16.1 Å². The number of carbonyl (C=O) groups excluding carboxylic acids is 3. The normalized spacial score (nSPS) is 17.8. The number of aromatic nitrogens is 1. The third kappa shape index (κ3) is 5.44. The van der Waals surface area contributed by atoms with Crippen molar-refractivity contribution in [3.8, 4) is 0 Å². The van der Waals surface area contributed by atoms with Crippen LogP contribution < -0.4 is 16.4 Å². The molecule has 6 N–H and O–H groups in total. The Hall–Kier alpha value is -3.31. The molecule has 0 aliphatic carbocycles. The molecule has 0 saturated carbocycles. The molecular weight excluding hydrogens is 468 g/mol. The van der Waals surface area contributed by atoms with E-state index < -0.39 is 29.9 Å². The quantitative estimate of drug-likeness (QED) is 0.284. The predicted octanol–water partition coefficient (Wildman–Crippen LogP) is 0.710. The number of pyridine rings is 1. The number of para-hydroxylation sites is 1. The first-order valence-electron chi connectivity index (χ1n) is 9.39. The van der Waals surface area contributed by atoms with Gasteiger partial charge in [-0.2, -0.15) is 0 Å². The molecule has 11 heteroatoms. The van der Waals surface area contributed by atoms with Crippen LogP contribution in [0.5, 0.6) is 0 Å². The van der Waals surface area contributed by atoms with Gasteiger partial charge in [-0.1, -0.05) is 24.3 Å². The zero-order valence-electron chi connectivity index (χ0n) is 16.3. The lowest BCUT2D eigenvalue weighted by molar-refractivity contribution is -0.135. The number of aliphatic hydroxyl groups is 1. The molecule has 2 atom stereocenters. The summed E-state index contributed by atoms with van der Waals surface area (Å²) in [5.74, 6) is -1.43. The van der Waals surface area contributed by atoms with Gasteiger partial charge in [0.15, 0.2) is 0 Å². The second-order valence-corrected chi connectivity index (χ2v) is 7.74. The van der Waals surface area contributed by atoms with E-state index in [0.717, 1.165) is 0 Å². The Labute approximate surface area is 186 Å². The SMILES string of the molecule is N=C(C(N)=O)c1ccccc1NCC(=O)N1CC(O)CC1C(=O)Nc1cccc(Br)n1. The van der Waals surface area contributed by atoms with E-state index in [2.05, 4.69) is 31.5 Å². The third-order valence-corrected chi connectivity index (χ3v) is 5.18. The average molecular weight is 489 g/mol. The van der Waals surface area contributed by atoms with Crippen LogP contribution in [0.25, 0.3) is 0 Å². The summed E-state index contributed by atoms with van der Waals surface area (Å²) in [5.41, 5.74) is 5.45. The maximum absolute atomic E-state index is 12.8. The molecule has 0 bridgehead atoms. The standard InChI is InChI=1S/C20H21BrN6O4/c21-15-6-3-7-16(25-15)26-20(31)14-8-11(28)10-27(14)17(29)9-24-13-5-2-1-4-12(13)18(22)19(23)30/h1-7,11,14,22,24,28H,8-10H2,(H2,23,30)(H,25,26,31). The summed E-state index contributed by atoms with van der Waals surface area (Å²) in [4.78, 5) is 42.3. The van der Waals surface area contributed by atoms with Crippen LogP contribution in [0, 0.1) is 5.41 Å². The van der Waals surface area contributed by atoms with Crippen LogP contribution >= 0.6 is 15.9 Å². The van der Waals surface area contributed by atoms with Gasteiger partial charge in [-0.15, -0.1) is 0 Å². The van der Waals surface area contributed by atoms with E-state index in [9.17, 15) is 19.5 Å². The number of nitrogens with zero attached hydrogens (tertiary/aromatic N) is 2. The minimum Gasteiger partial charge on any atom is -0.391 e. The molecule has 3 amide bonds. The van der Waals surface area contributed by atoms with Gasteiger partial charge in [-0.25, -0.2) is 4.98 Å². The van der Waals surface area contributed by atoms with Crippen molar-refractivity contribution in [2.45, 2.75) is 18.6 Å². The smallest absolute Gasteiger partial charge is 0.267 e. The molecule has 0 spiro atoms. The number of β-amino-alcohol motifs (C(OH)–C–C–N with tert-alkyl or cyclic N) is 1. The Morgan fingerprint density at radius 1 is 1.23 bits per heavy atom. The lowest BCUT2D eigenvalue weighted by Crippen LogP contribution is -2.45. The molecule has 31 heavy (non-hydrogen) atoms. The van der Waals surface area contributed by atoms with Gasteiger partial charge in [0.1, 0.15) is 22.2 Å². The molecule has 1 aromatic carbocycles. The first-order chi connectivity index (χ1) is 14.8. The largest absolute Gasteiger partial charge is 0.391 e. The van der Waals surface area contributed by atoms with Crippen molar-refractivity contribution in [3.63, 3.8) is 0 Å². The van der Waals surface area contributed by atoms with E-state index in [4.69, 9.17) is 11.1 Å². The Morgan fingerprint density at radius 2 is 1.97 bits per heavy atom. The number of primary amides is 1. The second-order valence-electron chi connectivity index (χ2n) is 6.92. The summed E-state index contributed by atoms with van der Waals surface area (Å²) in [6, 6.07) is 10.7. The molecule has 1 aromatic heterocycles. The van der Waals surface area contributed by atoms with E-state index in [-0.39, 0.29) is 30.8 Å². The highest BCUT2D eigenvalue weighted by molar-refractivity contribution is 9.10. The van der Waals surface area contributed by atoms with Crippen molar-refractivity contribution in [1.29, 1.82) is 5.41 Å². The van der Waals surface area contributed by atoms with Crippen LogP contribution in [0.4, 0.5) is 11.5 Å². The van der Waals surface area contributed by atoms with Gasteiger partial charge in [0.2, 0.25) is 11.8 Å². The minimum absolute atomic E-state index is 0.0171. The van der Waals surface area contributed by atoms with Crippen LogP contribution in [0.1, 0.15) is 12.0 Å². The molecule has 10 nitrogen and oxygen atoms in total. The molecule has 162 valence electrons. The fourth-order valence-corrected chi connectivity index (χ4v) is 3.63. The van der Waals surface area contributed by atoms with E-state index in [1.54, 1.807) is 42.5 Å². The second kappa shape index (κ2) is 9.67. The van der Waals surface area contributed by atoms with Gasteiger partial charge in [-0.3, -0.25) is 19.8 Å². The Kier molecular flexibility index (Phi) is 6.98. The molecule has 1 aliphatic rings. The fourth-order valence-electron chi connectivity index (χ4n) is 3.29. The van der Waals surface area contributed by atoms with E-state index in [1.165, 1.54) is 4.90 Å². The van der Waals surface area contributed by atoms with E-state index in [1.807, 2.05) is 0 Å². The zero-order chi connectivity index (χ0) is 22.5. The summed E-state index contributed by atoms with van der Waals surface area (Å²) in [6.45, 7) is -0.183. The number of hydrogen-bond acceptors (Lipinski definition) is 7. The Balaban J connectivity index is 1.68. The van der Waals surface area contributed by atoms with Gasteiger partial charge in [0.05, 0.1) is 12.6 Å². The zero-order valence-corrected chi connectivity index (χ0v) is 17.9. The number of aliphatic hydroxyl groups excluding tert-OH is 1. The maximum atomic E-state index is 12.8. The number of hydrogen-bond donors (Lipinski definition) is 5. The van der Waals surface area contributed by atoms with Crippen molar-refractivity contribution in [2.24, 2.45) is 5.73 Å². The van der Waals surface area contributed by atoms with Crippen LogP contribution in [0.3, 0.4) is 0 Å². The van der Waals surface area contributed by atoms with Crippen LogP contribution in [-0.2, 0) is 14.4 Å². The number of amides is 3. The van der Waals surface area contributed by atoms with Crippen molar-refractivity contribution < 1.29 is 19.5 Å². The lowest BCUT2D eigenvalue weighted by atomic mass is 10.1. The van der Waals surface area contributed by atoms with Crippen molar-refractivity contribution in [1.82, 2.24) is 9.88 Å².